The van der Waals surface area contributed by atoms with Gasteiger partial charge in [-0.05, 0) is 104 Å². The molecule has 0 saturated carbocycles. The molecule has 4 unspecified atom stereocenters. The van der Waals surface area contributed by atoms with E-state index in [1.807, 2.05) is 96.9 Å². The zero-order valence-corrected chi connectivity index (χ0v) is 43.9. The molecule has 0 fully saturated rings. The molecule has 1 spiro atoms. The smallest absolute Gasteiger partial charge is 0.549 e. The molecular formula is C58H70N2U+2. The molecule has 314 valence electrons. The van der Waals surface area contributed by atoms with Gasteiger partial charge in [0.2, 0.25) is 0 Å². The number of hydrogen-bond acceptors (Lipinski definition) is 0. The van der Waals surface area contributed by atoms with Gasteiger partial charge < -0.3 is 11.2 Å². The molecule has 0 amide bonds. The van der Waals surface area contributed by atoms with Crippen molar-refractivity contribution in [1.29, 1.82) is 0 Å². The molecule has 13 rings (SSSR count). The third-order valence-corrected chi connectivity index (χ3v) is 12.8. The van der Waals surface area contributed by atoms with E-state index in [9.17, 15) is 0 Å². The molecule has 0 radical (unpaired) electrons. The minimum Gasteiger partial charge on any atom is -0.549 e. The van der Waals surface area contributed by atoms with E-state index in [1.54, 1.807) is 0 Å². The predicted octanol–water partition coefficient (Wildman–Crippen LogP) is 14.6. The summed E-state index contributed by atoms with van der Waals surface area (Å²) < 4.78 is 5.17. The maximum absolute atomic E-state index is 7.58. The van der Waals surface area contributed by atoms with Crippen LogP contribution in [0, 0.1) is 37.7 Å². The van der Waals surface area contributed by atoms with Gasteiger partial charge in [-0.2, -0.15) is 0 Å². The average molecular weight is 1030 g/mol. The summed E-state index contributed by atoms with van der Waals surface area (Å²) in [5.41, 5.74) is 25.2. The Labute approximate surface area is 394 Å². The van der Waals surface area contributed by atoms with Crippen LogP contribution in [0.3, 0.4) is 0 Å². The van der Waals surface area contributed by atoms with E-state index < -0.39 is 5.66 Å². The molecule has 0 aromatic heterocycles. The van der Waals surface area contributed by atoms with Crippen molar-refractivity contribution in [1.82, 2.24) is 0 Å². The van der Waals surface area contributed by atoms with Gasteiger partial charge in [0.05, 0.1) is 5.92 Å². The predicted molar refractivity (Wildman–Crippen MR) is 257 cm³/mol. The Morgan fingerprint density at radius 2 is 0.934 bits per heavy atom. The molecule has 2 nitrogen and oxygen atoms in total. The van der Waals surface area contributed by atoms with Crippen LogP contribution in [-0.2, 0) is 24.9 Å². The summed E-state index contributed by atoms with van der Waals surface area (Å²) in [7, 11) is 0. The minimum atomic E-state index is -0.536. The summed E-state index contributed by atoms with van der Waals surface area (Å²) >= 11 is 0. The fourth-order valence-corrected chi connectivity index (χ4v) is 11.4. The van der Waals surface area contributed by atoms with Gasteiger partial charge in [0.15, 0.2) is 11.4 Å². The number of allylic oxidation sites excluding steroid dienone is 3. The maximum atomic E-state index is 7.58. The first-order chi connectivity index (χ1) is 29.7. The molecular weight excluding hydrogens is 963 g/mol. The molecule has 8 aliphatic rings. The van der Waals surface area contributed by atoms with Crippen LogP contribution in [0.1, 0.15) is 205 Å². The van der Waals surface area contributed by atoms with E-state index in [0.717, 1.165) is 31.4 Å². The number of hydrogen-bond donors (Lipinski definition) is 0. The molecule has 3 heteroatoms. The molecule has 0 bridgehead atoms. The van der Waals surface area contributed by atoms with Gasteiger partial charge in [0, 0.05) is 12.3 Å². The first kappa shape index (κ1) is 48.0. The molecule has 4 aliphatic heterocycles. The number of benzene rings is 5. The summed E-state index contributed by atoms with van der Waals surface area (Å²) in [6.45, 7) is 35.6. The van der Waals surface area contributed by atoms with Crippen molar-refractivity contribution in [3.8, 4) is 0 Å². The second kappa shape index (κ2) is 20.0. The van der Waals surface area contributed by atoms with E-state index in [0.29, 0.717) is 0 Å². The van der Waals surface area contributed by atoms with E-state index in [2.05, 4.69) is 112 Å². The van der Waals surface area contributed by atoms with E-state index in [-0.39, 0.29) is 48.9 Å². The number of fused-ring (bicyclic) bond motifs is 8. The van der Waals surface area contributed by atoms with Gasteiger partial charge in [-0.15, -0.1) is 10.3 Å². The van der Waals surface area contributed by atoms with Crippen molar-refractivity contribution in [3.63, 3.8) is 0 Å². The minimum absolute atomic E-state index is 0. The van der Waals surface area contributed by atoms with Gasteiger partial charge in [-0.25, -0.2) is 0 Å². The van der Waals surface area contributed by atoms with Crippen LogP contribution >= 0.6 is 0 Å². The fourth-order valence-electron chi connectivity index (χ4n) is 11.4. The van der Waals surface area contributed by atoms with Crippen LogP contribution in [-0.4, -0.2) is 21.1 Å². The topological polar surface area (TPSA) is 6.02 Å². The Morgan fingerprint density at radius 3 is 1.48 bits per heavy atom. The SMILES string of the molecule is CC.CC.CC.CC.CC.CC.CC.[CH-]=C1C2c3ccccc3Cc3cc4c5c(c32)C23c6c(ccc7c6C(C6=CCC(=[N+]62)[C-]=[N+]13)c1ccccc1C7)C5c1ccccc1C4.[U+2]. The van der Waals surface area contributed by atoms with Crippen LogP contribution < -0.4 is 0 Å². The summed E-state index contributed by atoms with van der Waals surface area (Å²) in [4.78, 5) is 0. The third-order valence-electron chi connectivity index (χ3n) is 12.8. The second-order valence-corrected chi connectivity index (χ2v) is 14.6. The average Bonchev–Trinajstić information content (AvgIpc) is 3.93. The summed E-state index contributed by atoms with van der Waals surface area (Å²) in [6, 6.07) is 35.1. The van der Waals surface area contributed by atoms with Gasteiger partial charge in [0.25, 0.3) is 0 Å². The quantitative estimate of drug-likeness (QED) is 0.106. The Hall–Kier alpha value is -4.03. The van der Waals surface area contributed by atoms with Crippen LogP contribution in [0.5, 0.6) is 0 Å². The fraction of sp³-hybridized carbons (Fsp3) is 0.379. The van der Waals surface area contributed by atoms with E-state index >= 15 is 0 Å². The molecule has 0 N–H and O–H groups in total. The second-order valence-electron chi connectivity index (χ2n) is 14.6. The Kier molecular flexibility index (Phi) is 15.7. The van der Waals surface area contributed by atoms with Crippen molar-refractivity contribution >= 4 is 11.9 Å². The summed E-state index contributed by atoms with van der Waals surface area (Å²) in [5.74, 6) is 0.461. The Balaban J connectivity index is 0.000000432. The van der Waals surface area contributed by atoms with Crippen LogP contribution in [0.25, 0.3) is 0 Å². The van der Waals surface area contributed by atoms with Gasteiger partial charge in [-0.3, -0.25) is 0 Å². The number of rotatable bonds is 0. The largest absolute Gasteiger partial charge is 2.00 e. The van der Waals surface area contributed by atoms with Crippen LogP contribution in [0.4, 0.5) is 0 Å². The summed E-state index contributed by atoms with van der Waals surface area (Å²) in [5, 5.41) is 0. The molecule has 4 aliphatic carbocycles. The van der Waals surface area contributed by atoms with Crippen molar-refractivity contribution in [2.75, 3.05) is 0 Å². The van der Waals surface area contributed by atoms with Crippen LogP contribution in [0.2, 0.25) is 0 Å². The zero-order chi connectivity index (χ0) is 43.6. The standard InChI is InChI=1S/C44H28N2.7C2H6.U/c1-23-36-31-11-5-2-9-25(31)19-28-21-29-20-26-10-3-6-12-32(26)40-34-16-14-27-18-24-8-4-7-13-33(24)41-35-17-15-30-22-45(23)44(46(30)35,42(34)37(27)41)43(38(28)36)39(29)40;7*1-2;/h1-14,16-17,21,36,40-41H,15,18-20H2;7*1-2H3;/q;;;;;;;;+2. The number of nitrogens with zero attached hydrogens (tertiary/aromatic N) is 2. The van der Waals surface area contributed by atoms with Crippen molar-refractivity contribution in [3.05, 3.63) is 198 Å². The molecule has 5 aromatic carbocycles. The van der Waals surface area contributed by atoms with E-state index in [1.165, 1.54) is 94.9 Å². The Morgan fingerprint density at radius 1 is 0.492 bits per heavy atom. The normalized spacial score (nSPS) is 20.6. The monoisotopic (exact) mass is 1030 g/mol. The zero-order valence-electron chi connectivity index (χ0n) is 39.8. The van der Waals surface area contributed by atoms with Gasteiger partial charge >= 0.3 is 36.8 Å². The molecule has 5 aromatic rings. The van der Waals surface area contributed by atoms with Crippen molar-refractivity contribution in [2.24, 2.45) is 0 Å². The van der Waals surface area contributed by atoms with Crippen molar-refractivity contribution in [2.45, 2.75) is 146 Å². The van der Waals surface area contributed by atoms with Crippen LogP contribution in [0.15, 0.2) is 108 Å². The molecule has 61 heavy (non-hydrogen) atoms. The molecule has 0 saturated heterocycles. The molecule has 4 atom stereocenters. The maximum Gasteiger partial charge on any atom is 2.00 e. The van der Waals surface area contributed by atoms with Crippen molar-refractivity contribution < 1.29 is 40.3 Å². The Bertz CT molecular complexity index is 2530. The molecule has 4 heterocycles. The third kappa shape index (κ3) is 6.45. The summed E-state index contributed by atoms with van der Waals surface area (Å²) in [6.07, 6.45) is 10.3. The first-order valence-corrected chi connectivity index (χ1v) is 23.9. The van der Waals surface area contributed by atoms with Gasteiger partial charge in [0.1, 0.15) is 17.3 Å². The first-order valence-electron chi connectivity index (χ1n) is 23.9. The van der Waals surface area contributed by atoms with Gasteiger partial charge in [-0.1, -0.05) is 188 Å². The van der Waals surface area contributed by atoms with E-state index in [4.69, 9.17) is 6.58 Å².